The summed E-state index contributed by atoms with van der Waals surface area (Å²) in [6.45, 7) is 0. The third kappa shape index (κ3) is 1.87. The molecule has 0 aliphatic heterocycles. The second-order valence-electron chi connectivity index (χ2n) is 4.57. The molecule has 20 heavy (non-hydrogen) atoms. The van der Waals surface area contributed by atoms with Crippen molar-refractivity contribution in [3.05, 3.63) is 48.5 Å². The van der Waals surface area contributed by atoms with Crippen LogP contribution in [0.25, 0.3) is 21.9 Å². The van der Waals surface area contributed by atoms with Crippen LogP contribution in [0.3, 0.4) is 0 Å². The average molecular weight is 268 g/mol. The van der Waals surface area contributed by atoms with E-state index in [1.165, 1.54) is 24.3 Å². The zero-order valence-electron chi connectivity index (χ0n) is 10.4. The van der Waals surface area contributed by atoms with Gasteiger partial charge >= 0.3 is 0 Å². The molecule has 0 heterocycles. The van der Waals surface area contributed by atoms with E-state index in [9.17, 15) is 20.4 Å². The first kappa shape index (κ1) is 12.2. The Morgan fingerprint density at radius 3 is 2.10 bits per heavy atom. The monoisotopic (exact) mass is 268 g/mol. The molecule has 0 saturated heterocycles. The van der Waals surface area contributed by atoms with Crippen LogP contribution in [0.1, 0.15) is 0 Å². The van der Waals surface area contributed by atoms with E-state index < -0.39 is 0 Å². The van der Waals surface area contributed by atoms with Crippen LogP contribution in [0.15, 0.2) is 48.5 Å². The Bertz CT molecular complexity index is 809. The summed E-state index contributed by atoms with van der Waals surface area (Å²) in [5, 5.41) is 40.4. The molecule has 0 aromatic heterocycles. The van der Waals surface area contributed by atoms with Gasteiger partial charge in [0.1, 0.15) is 23.0 Å². The van der Waals surface area contributed by atoms with Gasteiger partial charge in [-0.1, -0.05) is 6.07 Å². The van der Waals surface area contributed by atoms with Gasteiger partial charge in [-0.3, -0.25) is 0 Å². The summed E-state index contributed by atoms with van der Waals surface area (Å²) in [5.41, 5.74) is 0.758. The van der Waals surface area contributed by atoms with Gasteiger partial charge in [-0.2, -0.15) is 0 Å². The van der Waals surface area contributed by atoms with Crippen LogP contribution in [-0.2, 0) is 0 Å². The molecule has 0 fully saturated rings. The molecular weight excluding hydrogens is 256 g/mol. The maximum atomic E-state index is 10.3. The molecule has 0 aliphatic rings. The number of fused-ring (bicyclic) bond motifs is 1. The van der Waals surface area contributed by atoms with E-state index in [2.05, 4.69) is 0 Å². The normalized spacial score (nSPS) is 10.8. The van der Waals surface area contributed by atoms with Crippen molar-refractivity contribution in [1.82, 2.24) is 0 Å². The molecule has 0 spiro atoms. The fraction of sp³-hybridized carbons (Fsp3) is 0. The van der Waals surface area contributed by atoms with E-state index in [1.807, 2.05) is 0 Å². The third-order valence-electron chi connectivity index (χ3n) is 3.25. The molecular formula is C16H12O4. The van der Waals surface area contributed by atoms with Gasteiger partial charge in [-0.25, -0.2) is 0 Å². The molecule has 0 saturated carbocycles. The van der Waals surface area contributed by atoms with E-state index in [-0.39, 0.29) is 23.0 Å². The van der Waals surface area contributed by atoms with Crippen LogP contribution < -0.4 is 0 Å². The summed E-state index contributed by atoms with van der Waals surface area (Å²) >= 11 is 0. The van der Waals surface area contributed by atoms with Crippen LogP contribution in [-0.4, -0.2) is 20.4 Å². The zero-order chi connectivity index (χ0) is 14.3. The van der Waals surface area contributed by atoms with Gasteiger partial charge in [0, 0.05) is 16.5 Å². The summed E-state index contributed by atoms with van der Waals surface area (Å²) in [6.07, 6.45) is 0. The maximum absolute atomic E-state index is 10.3. The van der Waals surface area contributed by atoms with Gasteiger partial charge in [0.25, 0.3) is 0 Å². The lowest BCUT2D eigenvalue weighted by molar-refractivity contribution is 0.460. The quantitative estimate of drug-likeness (QED) is 0.510. The molecule has 4 nitrogen and oxygen atoms in total. The number of rotatable bonds is 1. The van der Waals surface area contributed by atoms with Gasteiger partial charge in [0.15, 0.2) is 0 Å². The van der Waals surface area contributed by atoms with Gasteiger partial charge in [0.05, 0.1) is 0 Å². The third-order valence-corrected chi connectivity index (χ3v) is 3.25. The lowest BCUT2D eigenvalue weighted by Crippen LogP contribution is -1.83. The highest BCUT2D eigenvalue weighted by atomic mass is 16.3. The first-order chi connectivity index (χ1) is 9.56. The zero-order valence-corrected chi connectivity index (χ0v) is 10.4. The lowest BCUT2D eigenvalue weighted by Gasteiger charge is -2.10. The van der Waals surface area contributed by atoms with Crippen molar-refractivity contribution in [2.45, 2.75) is 0 Å². The van der Waals surface area contributed by atoms with Crippen molar-refractivity contribution in [2.75, 3.05) is 0 Å². The Morgan fingerprint density at radius 1 is 0.600 bits per heavy atom. The topological polar surface area (TPSA) is 80.9 Å². The first-order valence-corrected chi connectivity index (χ1v) is 6.03. The minimum atomic E-state index is -0.0313. The highest BCUT2D eigenvalue weighted by molar-refractivity contribution is 5.96. The van der Waals surface area contributed by atoms with Crippen molar-refractivity contribution >= 4 is 10.8 Å². The molecule has 3 rings (SSSR count). The van der Waals surface area contributed by atoms with Crippen molar-refractivity contribution in [3.63, 3.8) is 0 Å². The number of hydrogen-bond donors (Lipinski definition) is 4. The number of hydrogen-bond acceptors (Lipinski definition) is 4. The van der Waals surface area contributed by atoms with E-state index in [1.54, 1.807) is 24.3 Å². The summed E-state index contributed by atoms with van der Waals surface area (Å²) in [4.78, 5) is 0. The van der Waals surface area contributed by atoms with Crippen LogP contribution in [0, 0.1) is 0 Å². The Labute approximate surface area is 114 Å². The molecule has 0 aliphatic carbocycles. The summed E-state index contributed by atoms with van der Waals surface area (Å²) < 4.78 is 0. The molecule has 0 radical (unpaired) electrons. The fourth-order valence-corrected chi connectivity index (χ4v) is 2.26. The number of aromatic hydroxyl groups is 4. The second-order valence-corrected chi connectivity index (χ2v) is 4.57. The van der Waals surface area contributed by atoms with Gasteiger partial charge in [-0.05, 0) is 47.9 Å². The molecule has 0 bridgehead atoms. The summed E-state index contributed by atoms with van der Waals surface area (Å²) in [5.74, 6) is 0.0764. The van der Waals surface area contributed by atoms with E-state index >= 15 is 0 Å². The maximum Gasteiger partial charge on any atom is 0.131 e. The predicted octanol–water partition coefficient (Wildman–Crippen LogP) is 3.33. The molecule has 0 unspecified atom stereocenters. The highest BCUT2D eigenvalue weighted by Crippen LogP contribution is 2.41. The largest absolute Gasteiger partial charge is 0.508 e. The molecule has 3 aromatic carbocycles. The average Bonchev–Trinajstić information content (AvgIpc) is 2.42. The molecule has 100 valence electrons. The molecule has 4 N–H and O–H groups in total. The minimum absolute atomic E-state index is 0.00278. The first-order valence-electron chi connectivity index (χ1n) is 6.03. The number of phenols is 4. The van der Waals surface area contributed by atoms with Gasteiger partial charge in [0.2, 0.25) is 0 Å². The van der Waals surface area contributed by atoms with Crippen molar-refractivity contribution < 1.29 is 20.4 Å². The summed E-state index contributed by atoms with van der Waals surface area (Å²) in [7, 11) is 0. The lowest BCUT2D eigenvalue weighted by atomic mass is 9.98. The molecule has 0 amide bonds. The Morgan fingerprint density at radius 2 is 1.30 bits per heavy atom. The fourth-order valence-electron chi connectivity index (χ4n) is 2.26. The van der Waals surface area contributed by atoms with E-state index in [4.69, 9.17) is 0 Å². The second kappa shape index (κ2) is 4.35. The minimum Gasteiger partial charge on any atom is -0.508 e. The molecule has 4 heteroatoms. The Kier molecular flexibility index (Phi) is 2.64. The van der Waals surface area contributed by atoms with Crippen LogP contribution >= 0.6 is 0 Å². The Hall–Kier alpha value is -2.88. The Balaban J connectivity index is 2.29. The van der Waals surface area contributed by atoms with E-state index in [0.29, 0.717) is 21.9 Å². The SMILES string of the molecule is Oc1ccc(O)c(-c2ccc3cc(O)ccc3c2O)c1. The molecule has 0 atom stereocenters. The number of benzene rings is 3. The van der Waals surface area contributed by atoms with Gasteiger partial charge < -0.3 is 20.4 Å². The van der Waals surface area contributed by atoms with Crippen LogP contribution in [0.5, 0.6) is 23.0 Å². The molecule has 3 aromatic rings. The van der Waals surface area contributed by atoms with Gasteiger partial charge in [-0.15, -0.1) is 0 Å². The predicted molar refractivity (Wildman–Crippen MR) is 76.0 cm³/mol. The standard InChI is InChI=1S/C16H12O4/c17-10-2-5-12-9(7-10)1-4-13(16(12)20)14-8-11(18)3-6-15(14)19/h1-8,17-20H. The smallest absolute Gasteiger partial charge is 0.131 e. The highest BCUT2D eigenvalue weighted by Gasteiger charge is 2.13. The van der Waals surface area contributed by atoms with Crippen LogP contribution in [0.4, 0.5) is 0 Å². The van der Waals surface area contributed by atoms with Crippen molar-refractivity contribution in [3.8, 4) is 34.1 Å². The van der Waals surface area contributed by atoms with Crippen molar-refractivity contribution in [2.24, 2.45) is 0 Å². The number of phenolic OH excluding ortho intramolecular Hbond substituents is 4. The van der Waals surface area contributed by atoms with Crippen LogP contribution in [0.2, 0.25) is 0 Å². The van der Waals surface area contributed by atoms with E-state index in [0.717, 1.165) is 0 Å². The van der Waals surface area contributed by atoms with Crippen molar-refractivity contribution in [1.29, 1.82) is 0 Å². The summed E-state index contributed by atoms with van der Waals surface area (Å²) in [6, 6.07) is 12.1.